The summed E-state index contributed by atoms with van der Waals surface area (Å²) >= 11 is 0. The number of imidazole rings is 1. The van der Waals surface area contributed by atoms with Crippen molar-refractivity contribution in [2.45, 2.75) is 46.7 Å². The minimum Gasteiger partial charge on any atom is -0.481 e. The normalized spacial score (nSPS) is 10.9. The molecule has 0 bridgehead atoms. The smallest absolute Gasteiger partial charge is 0.307 e. The molecule has 2 rings (SSSR count). The van der Waals surface area contributed by atoms with E-state index in [4.69, 9.17) is 5.11 Å². The van der Waals surface area contributed by atoms with E-state index in [-0.39, 0.29) is 6.42 Å². The van der Waals surface area contributed by atoms with Gasteiger partial charge in [-0.15, -0.1) is 0 Å². The maximum absolute atomic E-state index is 10.9. The van der Waals surface area contributed by atoms with Crippen LogP contribution in [0, 0.1) is 13.8 Å². The van der Waals surface area contributed by atoms with Gasteiger partial charge in [0.2, 0.25) is 0 Å². The fraction of sp³-hybridized carbons (Fsp3) is 0.500. The standard InChI is InChI=1S/C14H20N4O2/c1-4-5-17-9-15-7-12(17)8-18-11(3)13(6-14(19)20)10(2)16-18/h7,9H,4-6,8H2,1-3H3,(H,19,20). The lowest BCUT2D eigenvalue weighted by molar-refractivity contribution is -0.136. The Bertz CT molecular complexity index is 613. The molecule has 0 saturated heterocycles. The molecule has 0 radical (unpaired) electrons. The van der Waals surface area contributed by atoms with E-state index in [0.717, 1.165) is 35.6 Å². The third kappa shape index (κ3) is 2.89. The average molecular weight is 276 g/mol. The number of hydrogen-bond acceptors (Lipinski definition) is 3. The van der Waals surface area contributed by atoms with Crippen LogP contribution in [-0.2, 0) is 24.3 Å². The van der Waals surface area contributed by atoms with Crippen molar-refractivity contribution in [2.24, 2.45) is 0 Å². The third-order valence-electron chi connectivity index (χ3n) is 3.43. The minimum atomic E-state index is -0.827. The Morgan fingerprint density at radius 1 is 1.40 bits per heavy atom. The summed E-state index contributed by atoms with van der Waals surface area (Å²) in [5.74, 6) is -0.827. The number of rotatable bonds is 6. The van der Waals surface area contributed by atoms with Crippen LogP contribution in [-0.4, -0.2) is 30.4 Å². The van der Waals surface area contributed by atoms with Gasteiger partial charge in [0.15, 0.2) is 0 Å². The summed E-state index contributed by atoms with van der Waals surface area (Å²) in [6.45, 7) is 7.44. The van der Waals surface area contributed by atoms with Crippen LogP contribution in [0.2, 0.25) is 0 Å². The molecule has 0 atom stereocenters. The number of carboxylic acid groups (broad SMARTS) is 1. The van der Waals surface area contributed by atoms with Crippen molar-refractivity contribution in [3.8, 4) is 0 Å². The maximum atomic E-state index is 10.9. The minimum absolute atomic E-state index is 0.0197. The highest BCUT2D eigenvalue weighted by atomic mass is 16.4. The molecular formula is C14H20N4O2. The van der Waals surface area contributed by atoms with Crippen LogP contribution in [0.1, 0.15) is 36.0 Å². The van der Waals surface area contributed by atoms with Crippen molar-refractivity contribution in [3.05, 3.63) is 35.2 Å². The SMILES string of the molecule is CCCn1cncc1Cn1nc(C)c(CC(=O)O)c1C. The zero-order valence-electron chi connectivity index (χ0n) is 12.1. The molecular weight excluding hydrogens is 256 g/mol. The Labute approximate surface area is 118 Å². The van der Waals surface area contributed by atoms with Gasteiger partial charge in [0.25, 0.3) is 0 Å². The summed E-state index contributed by atoms with van der Waals surface area (Å²) in [5, 5.41) is 13.4. The molecule has 2 aromatic heterocycles. The molecule has 0 fully saturated rings. The number of carboxylic acids is 1. The van der Waals surface area contributed by atoms with Crippen LogP contribution in [0.25, 0.3) is 0 Å². The molecule has 20 heavy (non-hydrogen) atoms. The zero-order chi connectivity index (χ0) is 14.7. The highest BCUT2D eigenvalue weighted by Gasteiger charge is 2.15. The first-order valence-electron chi connectivity index (χ1n) is 6.76. The molecule has 0 saturated carbocycles. The van der Waals surface area contributed by atoms with Crippen LogP contribution in [0.5, 0.6) is 0 Å². The van der Waals surface area contributed by atoms with Crippen molar-refractivity contribution in [1.82, 2.24) is 19.3 Å². The molecule has 0 aromatic carbocycles. The van der Waals surface area contributed by atoms with E-state index in [9.17, 15) is 4.79 Å². The van der Waals surface area contributed by atoms with Gasteiger partial charge in [-0.2, -0.15) is 5.10 Å². The van der Waals surface area contributed by atoms with Gasteiger partial charge in [-0.05, 0) is 20.3 Å². The van der Waals surface area contributed by atoms with Gasteiger partial charge in [0.05, 0.1) is 36.9 Å². The summed E-state index contributed by atoms with van der Waals surface area (Å²) in [6.07, 6.45) is 4.72. The molecule has 0 aliphatic rings. The molecule has 0 spiro atoms. The highest BCUT2D eigenvalue weighted by molar-refractivity contribution is 5.70. The quantitative estimate of drug-likeness (QED) is 0.873. The number of aromatic nitrogens is 4. The number of aliphatic carboxylic acids is 1. The first kappa shape index (κ1) is 14.3. The van der Waals surface area contributed by atoms with Crippen molar-refractivity contribution < 1.29 is 9.90 Å². The molecule has 108 valence electrons. The Morgan fingerprint density at radius 2 is 2.15 bits per heavy atom. The maximum Gasteiger partial charge on any atom is 0.307 e. The van der Waals surface area contributed by atoms with Gasteiger partial charge in [-0.25, -0.2) is 4.98 Å². The van der Waals surface area contributed by atoms with Crippen LogP contribution in [0.3, 0.4) is 0 Å². The van der Waals surface area contributed by atoms with Crippen LogP contribution in [0.15, 0.2) is 12.5 Å². The molecule has 6 heteroatoms. The Balaban J connectivity index is 2.25. The average Bonchev–Trinajstić information content (AvgIpc) is 2.91. The van der Waals surface area contributed by atoms with E-state index in [1.165, 1.54) is 0 Å². The summed E-state index contributed by atoms with van der Waals surface area (Å²) in [7, 11) is 0. The molecule has 0 amide bonds. The molecule has 6 nitrogen and oxygen atoms in total. The fourth-order valence-electron chi connectivity index (χ4n) is 2.37. The number of nitrogens with zero attached hydrogens (tertiary/aromatic N) is 4. The van der Waals surface area contributed by atoms with E-state index in [0.29, 0.717) is 6.54 Å². The summed E-state index contributed by atoms with van der Waals surface area (Å²) < 4.78 is 3.96. The van der Waals surface area contributed by atoms with Gasteiger partial charge < -0.3 is 9.67 Å². The lowest BCUT2D eigenvalue weighted by atomic mass is 10.1. The van der Waals surface area contributed by atoms with Gasteiger partial charge in [-0.3, -0.25) is 9.48 Å². The molecule has 0 aliphatic heterocycles. The van der Waals surface area contributed by atoms with E-state index < -0.39 is 5.97 Å². The number of carbonyl (C=O) groups is 1. The van der Waals surface area contributed by atoms with Gasteiger partial charge in [0.1, 0.15) is 0 Å². The van der Waals surface area contributed by atoms with Crippen LogP contribution >= 0.6 is 0 Å². The second-order valence-corrected chi connectivity index (χ2v) is 4.96. The largest absolute Gasteiger partial charge is 0.481 e. The lowest BCUT2D eigenvalue weighted by Gasteiger charge is -2.08. The highest BCUT2D eigenvalue weighted by Crippen LogP contribution is 2.15. The first-order chi connectivity index (χ1) is 9.52. The predicted molar refractivity (Wildman–Crippen MR) is 74.7 cm³/mol. The predicted octanol–water partition coefficient (Wildman–Crippen LogP) is 1.78. The van der Waals surface area contributed by atoms with Crippen molar-refractivity contribution in [3.63, 3.8) is 0 Å². The fourth-order valence-corrected chi connectivity index (χ4v) is 2.37. The van der Waals surface area contributed by atoms with E-state index >= 15 is 0 Å². The van der Waals surface area contributed by atoms with Gasteiger partial charge >= 0.3 is 5.97 Å². The molecule has 2 heterocycles. The Kier molecular flexibility index (Phi) is 4.22. The van der Waals surface area contributed by atoms with E-state index in [1.807, 2.05) is 31.1 Å². The van der Waals surface area contributed by atoms with Crippen molar-refractivity contribution in [2.75, 3.05) is 0 Å². The van der Waals surface area contributed by atoms with Crippen LogP contribution < -0.4 is 0 Å². The van der Waals surface area contributed by atoms with E-state index in [1.54, 1.807) is 0 Å². The monoisotopic (exact) mass is 276 g/mol. The second kappa shape index (κ2) is 5.90. The molecule has 1 N–H and O–H groups in total. The third-order valence-corrected chi connectivity index (χ3v) is 3.43. The summed E-state index contributed by atoms with van der Waals surface area (Å²) in [6, 6.07) is 0. The lowest BCUT2D eigenvalue weighted by Crippen LogP contribution is -2.10. The Morgan fingerprint density at radius 3 is 2.80 bits per heavy atom. The topological polar surface area (TPSA) is 72.9 Å². The summed E-state index contributed by atoms with van der Waals surface area (Å²) in [5.41, 5.74) is 3.58. The van der Waals surface area contributed by atoms with E-state index in [2.05, 4.69) is 21.6 Å². The second-order valence-electron chi connectivity index (χ2n) is 4.96. The first-order valence-corrected chi connectivity index (χ1v) is 6.76. The van der Waals surface area contributed by atoms with Gasteiger partial charge in [-0.1, -0.05) is 6.92 Å². The molecule has 2 aromatic rings. The zero-order valence-corrected chi connectivity index (χ0v) is 12.1. The molecule has 0 aliphatic carbocycles. The number of hydrogen-bond donors (Lipinski definition) is 1. The summed E-state index contributed by atoms with van der Waals surface area (Å²) in [4.78, 5) is 15.1. The molecule has 0 unspecified atom stereocenters. The Hall–Kier alpha value is -2.11. The van der Waals surface area contributed by atoms with Crippen molar-refractivity contribution >= 4 is 5.97 Å². The van der Waals surface area contributed by atoms with Gasteiger partial charge in [0, 0.05) is 17.8 Å². The van der Waals surface area contributed by atoms with Crippen molar-refractivity contribution in [1.29, 1.82) is 0 Å². The number of aryl methyl sites for hydroxylation is 2. The van der Waals surface area contributed by atoms with Crippen LogP contribution in [0.4, 0.5) is 0 Å².